The van der Waals surface area contributed by atoms with Crippen molar-refractivity contribution in [3.63, 3.8) is 0 Å². The van der Waals surface area contributed by atoms with E-state index < -0.39 is 11.9 Å². The topological polar surface area (TPSA) is 63.6 Å². The molecule has 5 heteroatoms. The normalized spacial score (nSPS) is 9.67. The number of carboxylic acids is 1. The van der Waals surface area contributed by atoms with Crippen molar-refractivity contribution >= 4 is 23.5 Å². The molecule has 4 nitrogen and oxygen atoms in total. The Morgan fingerprint density at radius 2 is 2.00 bits per heavy atom. The first kappa shape index (κ1) is 11.5. The molecule has 0 bridgehead atoms. The number of carbonyl (C=O) groups excluding carboxylic acids is 1. The summed E-state index contributed by atoms with van der Waals surface area (Å²) in [6.45, 7) is -0.153. The summed E-state index contributed by atoms with van der Waals surface area (Å²) in [5.41, 5.74) is 0.240. The van der Waals surface area contributed by atoms with Gasteiger partial charge in [0, 0.05) is 0 Å². The third kappa shape index (κ3) is 3.59. The van der Waals surface area contributed by atoms with Crippen LogP contribution in [-0.2, 0) is 9.53 Å². The molecule has 0 aromatic heterocycles. The predicted molar refractivity (Wildman–Crippen MR) is 54.0 cm³/mol. The first-order valence-electron chi connectivity index (χ1n) is 4.24. The Balaban J connectivity index is 2.54. The van der Waals surface area contributed by atoms with Gasteiger partial charge in [-0.1, -0.05) is 23.7 Å². The zero-order chi connectivity index (χ0) is 11.3. The van der Waals surface area contributed by atoms with Gasteiger partial charge in [0.1, 0.15) is 6.61 Å². The van der Waals surface area contributed by atoms with Crippen molar-refractivity contribution in [3.8, 4) is 0 Å². The number of esters is 1. The lowest BCUT2D eigenvalue weighted by molar-refractivity contribution is -0.137. The van der Waals surface area contributed by atoms with Crippen molar-refractivity contribution in [1.29, 1.82) is 0 Å². The van der Waals surface area contributed by atoms with Crippen LogP contribution in [0, 0.1) is 0 Å². The highest BCUT2D eigenvalue weighted by atomic mass is 35.5. The number of carboxylic acid groups (broad SMARTS) is 1. The van der Waals surface area contributed by atoms with E-state index in [1.54, 1.807) is 18.2 Å². The molecule has 0 aliphatic heterocycles. The summed E-state index contributed by atoms with van der Waals surface area (Å²) in [5.74, 6) is -1.62. The molecule has 0 radical (unpaired) electrons. The van der Waals surface area contributed by atoms with Crippen LogP contribution in [0.15, 0.2) is 24.3 Å². The number of aliphatic carboxylic acids is 1. The van der Waals surface area contributed by atoms with Crippen molar-refractivity contribution in [3.05, 3.63) is 34.9 Å². The summed E-state index contributed by atoms with van der Waals surface area (Å²) in [7, 11) is 0. The van der Waals surface area contributed by atoms with Crippen LogP contribution >= 0.6 is 11.6 Å². The second-order valence-electron chi connectivity index (χ2n) is 2.76. The second kappa shape index (κ2) is 5.36. The number of hydrogen-bond donors (Lipinski definition) is 1. The van der Waals surface area contributed by atoms with E-state index in [2.05, 4.69) is 0 Å². The van der Waals surface area contributed by atoms with E-state index in [0.717, 1.165) is 0 Å². The summed E-state index contributed by atoms with van der Waals surface area (Å²) >= 11 is 5.74. The molecule has 0 fully saturated rings. The van der Waals surface area contributed by atoms with Crippen LogP contribution in [-0.4, -0.2) is 23.7 Å². The Morgan fingerprint density at radius 1 is 1.33 bits per heavy atom. The Kier molecular flexibility index (Phi) is 4.12. The summed E-state index contributed by atoms with van der Waals surface area (Å²) in [4.78, 5) is 21.5. The van der Waals surface area contributed by atoms with Gasteiger partial charge in [-0.05, 0) is 12.1 Å². The van der Waals surface area contributed by atoms with Gasteiger partial charge in [-0.3, -0.25) is 4.79 Å². The zero-order valence-electron chi connectivity index (χ0n) is 7.77. The lowest BCUT2D eigenvalue weighted by atomic mass is 10.2. The highest BCUT2D eigenvalue weighted by Gasteiger charge is 2.11. The van der Waals surface area contributed by atoms with Crippen LogP contribution in [0.25, 0.3) is 0 Å². The van der Waals surface area contributed by atoms with Gasteiger partial charge in [-0.15, -0.1) is 0 Å². The molecule has 0 saturated heterocycles. The Morgan fingerprint density at radius 3 is 2.60 bits per heavy atom. The Hall–Kier alpha value is -1.55. The standard InChI is InChI=1S/C10H9ClO4/c11-8-4-2-1-3-7(8)10(14)15-6-5-9(12)13/h1-4H,5-6H2,(H,12,13). The number of halogens is 1. The van der Waals surface area contributed by atoms with E-state index in [1.807, 2.05) is 0 Å². The van der Waals surface area contributed by atoms with Gasteiger partial charge in [0.2, 0.25) is 0 Å². The van der Waals surface area contributed by atoms with Crippen LogP contribution in [0.4, 0.5) is 0 Å². The van der Waals surface area contributed by atoms with Gasteiger partial charge in [0.15, 0.2) is 0 Å². The van der Waals surface area contributed by atoms with Crippen molar-refractivity contribution < 1.29 is 19.4 Å². The van der Waals surface area contributed by atoms with E-state index >= 15 is 0 Å². The number of rotatable bonds is 4. The van der Waals surface area contributed by atoms with Crippen LogP contribution in [0.2, 0.25) is 5.02 Å². The molecule has 80 valence electrons. The molecule has 0 spiro atoms. The molecule has 0 amide bonds. The van der Waals surface area contributed by atoms with Crippen molar-refractivity contribution in [2.75, 3.05) is 6.61 Å². The molecule has 15 heavy (non-hydrogen) atoms. The van der Waals surface area contributed by atoms with E-state index in [9.17, 15) is 9.59 Å². The Labute approximate surface area is 91.4 Å². The third-order valence-corrected chi connectivity index (χ3v) is 1.97. The maximum absolute atomic E-state index is 11.3. The minimum absolute atomic E-state index is 0.153. The summed E-state index contributed by atoms with van der Waals surface area (Å²) in [6.07, 6.45) is -0.212. The molecule has 0 atom stereocenters. The summed E-state index contributed by atoms with van der Waals surface area (Å²) in [6, 6.07) is 6.43. The number of carbonyl (C=O) groups is 2. The highest BCUT2D eigenvalue weighted by Crippen LogP contribution is 2.15. The number of hydrogen-bond acceptors (Lipinski definition) is 3. The minimum Gasteiger partial charge on any atom is -0.481 e. The summed E-state index contributed by atoms with van der Waals surface area (Å²) < 4.78 is 4.72. The van der Waals surface area contributed by atoms with Crippen molar-refractivity contribution in [2.45, 2.75) is 6.42 Å². The molecule has 0 aliphatic carbocycles. The fourth-order valence-electron chi connectivity index (χ4n) is 0.936. The SMILES string of the molecule is O=C(O)CCOC(=O)c1ccccc1Cl. The van der Waals surface area contributed by atoms with E-state index in [4.69, 9.17) is 21.4 Å². The number of ether oxygens (including phenoxy) is 1. The lowest BCUT2D eigenvalue weighted by Gasteiger charge is -2.04. The fourth-order valence-corrected chi connectivity index (χ4v) is 1.15. The van der Waals surface area contributed by atoms with E-state index in [-0.39, 0.29) is 23.6 Å². The largest absolute Gasteiger partial charge is 0.481 e. The molecule has 0 unspecified atom stereocenters. The number of benzene rings is 1. The lowest BCUT2D eigenvalue weighted by Crippen LogP contribution is -2.09. The van der Waals surface area contributed by atoms with E-state index in [0.29, 0.717) is 0 Å². The average molecular weight is 229 g/mol. The smallest absolute Gasteiger partial charge is 0.339 e. The molecule has 1 aromatic carbocycles. The first-order valence-corrected chi connectivity index (χ1v) is 4.62. The molecular weight excluding hydrogens is 220 g/mol. The van der Waals surface area contributed by atoms with Gasteiger partial charge >= 0.3 is 11.9 Å². The Bertz CT molecular complexity index is 375. The van der Waals surface area contributed by atoms with Crippen LogP contribution in [0.5, 0.6) is 0 Å². The molecule has 0 aliphatic rings. The molecule has 1 rings (SSSR count). The zero-order valence-corrected chi connectivity index (χ0v) is 8.53. The van der Waals surface area contributed by atoms with Gasteiger partial charge in [-0.2, -0.15) is 0 Å². The van der Waals surface area contributed by atoms with Gasteiger partial charge < -0.3 is 9.84 Å². The molecule has 0 heterocycles. The minimum atomic E-state index is -1.01. The second-order valence-corrected chi connectivity index (χ2v) is 3.17. The monoisotopic (exact) mass is 228 g/mol. The van der Waals surface area contributed by atoms with Crippen molar-refractivity contribution in [1.82, 2.24) is 0 Å². The van der Waals surface area contributed by atoms with Gasteiger partial charge in [0.05, 0.1) is 17.0 Å². The summed E-state index contributed by atoms with van der Waals surface area (Å²) in [5, 5.41) is 8.62. The van der Waals surface area contributed by atoms with E-state index in [1.165, 1.54) is 6.07 Å². The third-order valence-electron chi connectivity index (χ3n) is 1.64. The average Bonchev–Trinajstić information content (AvgIpc) is 2.17. The van der Waals surface area contributed by atoms with Crippen LogP contribution in [0.1, 0.15) is 16.8 Å². The molecule has 1 N–H and O–H groups in total. The maximum atomic E-state index is 11.3. The highest BCUT2D eigenvalue weighted by molar-refractivity contribution is 6.33. The quantitative estimate of drug-likeness (QED) is 0.801. The molecule has 0 saturated carbocycles. The van der Waals surface area contributed by atoms with Crippen LogP contribution in [0.3, 0.4) is 0 Å². The molecular formula is C10H9ClO4. The first-order chi connectivity index (χ1) is 7.11. The molecule has 1 aromatic rings. The predicted octanol–water partition coefficient (Wildman–Crippen LogP) is 1.97. The van der Waals surface area contributed by atoms with Gasteiger partial charge in [0.25, 0.3) is 0 Å². The van der Waals surface area contributed by atoms with Gasteiger partial charge in [-0.25, -0.2) is 4.79 Å². The maximum Gasteiger partial charge on any atom is 0.339 e. The van der Waals surface area contributed by atoms with Crippen molar-refractivity contribution in [2.24, 2.45) is 0 Å². The fraction of sp³-hybridized carbons (Fsp3) is 0.200. The van der Waals surface area contributed by atoms with Crippen LogP contribution < -0.4 is 0 Å².